The largest absolute Gasteiger partial charge is 0.287 e. The molecule has 6 rings (SSSR count). The Hall–Kier alpha value is -4.62. The first-order chi connectivity index (χ1) is 21.0. The smallest absolute Gasteiger partial charge is 0.212 e. The molecule has 0 saturated heterocycles. The van der Waals surface area contributed by atoms with E-state index in [1.165, 1.54) is 11.8 Å². The minimum absolute atomic E-state index is 0.161. The number of nitrogens with zero attached hydrogens (tertiary/aromatic N) is 3. The van der Waals surface area contributed by atoms with E-state index in [1.54, 1.807) is 4.68 Å². The Morgan fingerprint density at radius 3 is 2.02 bits per heavy atom. The van der Waals surface area contributed by atoms with Crippen LogP contribution in [0.5, 0.6) is 0 Å². The summed E-state index contributed by atoms with van der Waals surface area (Å²) in [7, 11) is 0. The summed E-state index contributed by atoms with van der Waals surface area (Å²) in [6.07, 6.45) is 0. The van der Waals surface area contributed by atoms with Gasteiger partial charge in [-0.25, -0.2) is 4.68 Å². The highest BCUT2D eigenvalue weighted by atomic mass is 35.5. The Morgan fingerprint density at radius 1 is 0.721 bits per heavy atom. The van der Waals surface area contributed by atoms with Gasteiger partial charge in [-0.3, -0.25) is 10.2 Å². The standard InChI is InChI=1S/C35H24Cl2N4OS/c36-26-19-15-24(16-20-26)31-23-32(41(40-31)29-11-5-2-6-12-29)34(42)30-13-7-8-14-33(30)43-35(25-17-21-27(37)22-18-25)39-38-28-9-3-1-4-10-28/h1-23,38H/b39-35-. The lowest BCUT2D eigenvalue weighted by Gasteiger charge is -2.12. The number of anilines is 1. The van der Waals surface area contributed by atoms with E-state index in [2.05, 4.69) is 5.43 Å². The Labute approximate surface area is 263 Å². The van der Waals surface area contributed by atoms with Gasteiger partial charge in [-0.1, -0.05) is 108 Å². The van der Waals surface area contributed by atoms with Gasteiger partial charge in [-0.2, -0.15) is 10.2 Å². The highest BCUT2D eigenvalue weighted by Gasteiger charge is 2.22. The Bertz CT molecular complexity index is 1890. The van der Waals surface area contributed by atoms with Crippen molar-refractivity contribution in [1.82, 2.24) is 9.78 Å². The topological polar surface area (TPSA) is 59.3 Å². The fraction of sp³-hybridized carbons (Fsp3) is 0. The summed E-state index contributed by atoms with van der Waals surface area (Å²) in [4.78, 5) is 15.1. The van der Waals surface area contributed by atoms with Crippen LogP contribution in [0, 0.1) is 0 Å². The summed E-state index contributed by atoms with van der Waals surface area (Å²) in [5, 5.41) is 11.5. The average molecular weight is 620 g/mol. The zero-order valence-corrected chi connectivity index (χ0v) is 25.0. The number of halogens is 2. The number of thioether (sulfide) groups is 1. The molecule has 0 atom stereocenters. The van der Waals surface area contributed by atoms with Gasteiger partial charge in [-0.05, 0) is 66.7 Å². The molecule has 0 unspecified atom stereocenters. The number of para-hydroxylation sites is 2. The molecule has 0 aliphatic carbocycles. The van der Waals surface area contributed by atoms with Crippen molar-refractivity contribution in [2.45, 2.75) is 4.90 Å². The van der Waals surface area contributed by atoms with Crippen molar-refractivity contribution >= 4 is 51.5 Å². The molecule has 5 aromatic carbocycles. The second kappa shape index (κ2) is 13.1. The van der Waals surface area contributed by atoms with Crippen LogP contribution >= 0.6 is 35.0 Å². The van der Waals surface area contributed by atoms with Crippen LogP contribution in [0.3, 0.4) is 0 Å². The summed E-state index contributed by atoms with van der Waals surface area (Å²) in [6.45, 7) is 0. The van der Waals surface area contributed by atoms with Crippen molar-refractivity contribution < 1.29 is 4.79 Å². The summed E-state index contributed by atoms with van der Waals surface area (Å²) in [5.74, 6) is -0.161. The van der Waals surface area contributed by atoms with Gasteiger partial charge in [0.2, 0.25) is 5.78 Å². The first kappa shape index (κ1) is 28.5. The molecule has 0 bridgehead atoms. The number of hydrogen-bond donors (Lipinski definition) is 1. The maximum absolute atomic E-state index is 14.3. The average Bonchev–Trinajstić information content (AvgIpc) is 3.50. The van der Waals surface area contributed by atoms with Crippen molar-refractivity contribution in [2.75, 3.05) is 5.43 Å². The van der Waals surface area contributed by atoms with Crippen LogP contribution in [0.15, 0.2) is 150 Å². The maximum atomic E-state index is 14.3. The molecule has 43 heavy (non-hydrogen) atoms. The number of carbonyl (C=O) groups excluding carboxylic acids is 1. The molecule has 210 valence electrons. The lowest BCUT2D eigenvalue weighted by Crippen LogP contribution is -2.11. The molecule has 0 spiro atoms. The van der Waals surface area contributed by atoms with Gasteiger partial charge in [0.25, 0.3) is 0 Å². The SMILES string of the molecule is O=C(c1ccccc1S/C(=N\Nc1ccccc1)c1ccc(Cl)cc1)c1cc(-c2ccc(Cl)cc2)nn1-c1ccccc1. The van der Waals surface area contributed by atoms with E-state index in [-0.39, 0.29) is 5.78 Å². The predicted octanol–water partition coefficient (Wildman–Crippen LogP) is 9.64. The van der Waals surface area contributed by atoms with Crippen molar-refractivity contribution in [3.05, 3.63) is 166 Å². The van der Waals surface area contributed by atoms with Gasteiger partial charge >= 0.3 is 0 Å². The highest BCUT2D eigenvalue weighted by molar-refractivity contribution is 8.14. The van der Waals surface area contributed by atoms with Crippen LogP contribution < -0.4 is 5.43 Å². The summed E-state index contributed by atoms with van der Waals surface area (Å²) >= 11 is 13.7. The molecule has 1 N–H and O–H groups in total. The summed E-state index contributed by atoms with van der Waals surface area (Å²) < 4.78 is 1.69. The number of ketones is 1. The summed E-state index contributed by atoms with van der Waals surface area (Å²) in [6, 6.07) is 43.6. The monoisotopic (exact) mass is 618 g/mol. The van der Waals surface area contributed by atoms with Crippen LogP contribution in [0.2, 0.25) is 10.0 Å². The van der Waals surface area contributed by atoms with Crippen LogP contribution in [-0.2, 0) is 0 Å². The fourth-order valence-electron chi connectivity index (χ4n) is 4.42. The molecule has 0 saturated carbocycles. The molecule has 5 nitrogen and oxygen atoms in total. The fourth-order valence-corrected chi connectivity index (χ4v) is 5.65. The zero-order chi connectivity index (χ0) is 29.6. The normalized spacial score (nSPS) is 11.3. The molecular formula is C35H24Cl2N4OS. The van der Waals surface area contributed by atoms with Crippen LogP contribution in [-0.4, -0.2) is 20.6 Å². The van der Waals surface area contributed by atoms with Gasteiger partial charge in [0.15, 0.2) is 0 Å². The molecule has 6 aromatic rings. The molecule has 0 fully saturated rings. The minimum Gasteiger partial charge on any atom is -0.287 e. The molecule has 0 amide bonds. The Morgan fingerprint density at radius 2 is 1.33 bits per heavy atom. The second-order valence-corrected chi connectivity index (χ2v) is 11.4. The molecule has 0 aliphatic heterocycles. The molecule has 0 radical (unpaired) electrons. The van der Waals surface area contributed by atoms with Crippen molar-refractivity contribution in [1.29, 1.82) is 0 Å². The third-order valence-electron chi connectivity index (χ3n) is 6.57. The summed E-state index contributed by atoms with van der Waals surface area (Å²) in [5.41, 5.74) is 8.14. The number of aromatic nitrogens is 2. The Kier molecular flexibility index (Phi) is 8.70. The quantitative estimate of drug-likeness (QED) is 0.0606. The minimum atomic E-state index is -0.161. The number of nitrogens with one attached hydrogen (secondary N) is 1. The number of hydrogen-bond acceptors (Lipinski definition) is 5. The highest BCUT2D eigenvalue weighted by Crippen LogP contribution is 2.31. The van der Waals surface area contributed by atoms with Gasteiger partial charge in [0, 0.05) is 31.6 Å². The zero-order valence-electron chi connectivity index (χ0n) is 22.7. The van der Waals surface area contributed by atoms with E-state index in [9.17, 15) is 4.79 Å². The van der Waals surface area contributed by atoms with Crippen molar-refractivity contribution in [3.8, 4) is 16.9 Å². The van der Waals surface area contributed by atoms with E-state index >= 15 is 0 Å². The molecular weight excluding hydrogens is 595 g/mol. The van der Waals surface area contributed by atoms with Crippen molar-refractivity contribution in [3.63, 3.8) is 0 Å². The molecule has 0 aliphatic rings. The molecule has 1 heterocycles. The second-order valence-electron chi connectivity index (χ2n) is 9.50. The van der Waals surface area contributed by atoms with Crippen molar-refractivity contribution in [2.24, 2.45) is 5.10 Å². The van der Waals surface area contributed by atoms with Crippen LogP contribution in [0.25, 0.3) is 16.9 Å². The third kappa shape index (κ3) is 6.73. The van der Waals surface area contributed by atoms with E-state index in [4.69, 9.17) is 33.4 Å². The lowest BCUT2D eigenvalue weighted by atomic mass is 10.1. The first-order valence-corrected chi connectivity index (χ1v) is 15.0. The molecule has 8 heteroatoms. The van der Waals surface area contributed by atoms with Gasteiger partial charge < -0.3 is 0 Å². The number of benzene rings is 5. The first-order valence-electron chi connectivity index (χ1n) is 13.4. The van der Waals surface area contributed by atoms with Crippen LogP contribution in [0.1, 0.15) is 21.6 Å². The predicted molar refractivity (Wildman–Crippen MR) is 178 cm³/mol. The maximum Gasteiger partial charge on any atom is 0.212 e. The van der Waals surface area contributed by atoms with Crippen LogP contribution in [0.4, 0.5) is 5.69 Å². The number of hydrazone groups is 1. The van der Waals surface area contributed by atoms with Gasteiger partial charge in [-0.15, -0.1) is 0 Å². The number of rotatable bonds is 8. The number of carbonyl (C=O) groups is 1. The van der Waals surface area contributed by atoms with Gasteiger partial charge in [0.1, 0.15) is 10.7 Å². The Balaban J connectivity index is 1.40. The lowest BCUT2D eigenvalue weighted by molar-refractivity contribution is 0.102. The van der Waals surface area contributed by atoms with E-state index in [0.29, 0.717) is 32.0 Å². The molecule has 1 aromatic heterocycles. The van der Waals surface area contributed by atoms with Gasteiger partial charge in [0.05, 0.1) is 17.1 Å². The van der Waals surface area contributed by atoms with E-state index in [0.717, 1.165) is 27.4 Å². The van der Waals surface area contributed by atoms with E-state index < -0.39 is 0 Å². The third-order valence-corrected chi connectivity index (χ3v) is 8.17. The van der Waals surface area contributed by atoms with E-state index in [1.807, 2.05) is 140 Å².